The number of amidine groups is 1. The molecule has 10 heteroatoms. The summed E-state index contributed by atoms with van der Waals surface area (Å²) in [6.45, 7) is 0.150. The molecular weight excluding hydrogens is 367 g/mol. The molecular formula is C16H14F3N5OS. The van der Waals surface area contributed by atoms with Crippen molar-refractivity contribution in [1.82, 2.24) is 9.97 Å². The minimum atomic E-state index is -4.56. The van der Waals surface area contributed by atoms with E-state index >= 15 is 0 Å². The van der Waals surface area contributed by atoms with Crippen molar-refractivity contribution in [3.05, 3.63) is 40.5 Å². The largest absolute Gasteiger partial charge is 0.494 e. The highest BCUT2D eigenvalue weighted by molar-refractivity contribution is 7.15. The van der Waals surface area contributed by atoms with Crippen LogP contribution in [0.2, 0.25) is 0 Å². The van der Waals surface area contributed by atoms with E-state index in [1.807, 2.05) is 0 Å². The molecule has 0 saturated carbocycles. The first-order valence-electron chi connectivity index (χ1n) is 7.35. The second kappa shape index (κ2) is 6.54. The third-order valence-corrected chi connectivity index (χ3v) is 4.81. The SMILES string of the molecule is COc1ccc(-c2nc(C(=N)N)c(CN)s2)c2ccc(C(F)(F)F)nc12. The summed E-state index contributed by atoms with van der Waals surface area (Å²) in [6.07, 6.45) is -4.56. The van der Waals surface area contributed by atoms with Gasteiger partial charge < -0.3 is 16.2 Å². The van der Waals surface area contributed by atoms with Gasteiger partial charge in [0.05, 0.1) is 7.11 Å². The minimum absolute atomic E-state index is 0.0775. The summed E-state index contributed by atoms with van der Waals surface area (Å²) in [5, 5.41) is 8.53. The van der Waals surface area contributed by atoms with Crippen LogP contribution in [0.4, 0.5) is 13.2 Å². The van der Waals surface area contributed by atoms with Gasteiger partial charge in [-0.1, -0.05) is 0 Å². The fraction of sp³-hybridized carbons (Fsp3) is 0.188. The van der Waals surface area contributed by atoms with Gasteiger partial charge in [0.15, 0.2) is 0 Å². The van der Waals surface area contributed by atoms with Gasteiger partial charge in [-0.3, -0.25) is 5.41 Å². The van der Waals surface area contributed by atoms with Crippen LogP contribution in [0.3, 0.4) is 0 Å². The Morgan fingerprint density at radius 3 is 2.50 bits per heavy atom. The van der Waals surface area contributed by atoms with E-state index < -0.39 is 11.9 Å². The first kappa shape index (κ1) is 18.1. The van der Waals surface area contributed by atoms with E-state index in [0.717, 1.165) is 6.07 Å². The molecule has 6 nitrogen and oxygen atoms in total. The maximum Gasteiger partial charge on any atom is 0.433 e. The van der Waals surface area contributed by atoms with Crippen LogP contribution in [0.25, 0.3) is 21.5 Å². The number of halogens is 3. The molecule has 3 aromatic rings. The number of methoxy groups -OCH3 is 1. The molecule has 3 rings (SSSR count). The number of nitrogens with two attached hydrogens (primary N) is 2. The van der Waals surface area contributed by atoms with Crippen LogP contribution in [0.5, 0.6) is 5.75 Å². The van der Waals surface area contributed by atoms with Crippen molar-refractivity contribution in [2.45, 2.75) is 12.7 Å². The van der Waals surface area contributed by atoms with Gasteiger partial charge in [-0.2, -0.15) is 13.2 Å². The van der Waals surface area contributed by atoms with Crippen molar-refractivity contribution in [2.75, 3.05) is 7.11 Å². The van der Waals surface area contributed by atoms with Gasteiger partial charge in [0.1, 0.15) is 33.5 Å². The first-order chi connectivity index (χ1) is 12.3. The zero-order valence-corrected chi connectivity index (χ0v) is 14.3. The zero-order chi connectivity index (χ0) is 19.1. The summed E-state index contributed by atoms with van der Waals surface area (Å²) < 4.78 is 44.2. The van der Waals surface area contributed by atoms with Crippen molar-refractivity contribution in [2.24, 2.45) is 11.5 Å². The predicted octanol–water partition coefficient (Wildman–Crippen LogP) is 3.13. The quantitative estimate of drug-likeness (QED) is 0.475. The van der Waals surface area contributed by atoms with E-state index in [-0.39, 0.29) is 29.3 Å². The highest BCUT2D eigenvalue weighted by Crippen LogP contribution is 2.38. The predicted molar refractivity (Wildman–Crippen MR) is 93.3 cm³/mol. The standard InChI is InChI=1S/C16H14F3N5OS/c1-25-9-4-2-8(15-24-13(14(21)22)10(6-20)26-15)7-3-5-11(16(17,18)19)23-12(7)9/h2-5H,6,20H2,1H3,(H3,21,22). The molecule has 0 aliphatic heterocycles. The van der Waals surface area contributed by atoms with Gasteiger partial charge in [0.25, 0.3) is 0 Å². The number of pyridine rings is 1. The summed E-state index contributed by atoms with van der Waals surface area (Å²) in [7, 11) is 1.36. The first-order valence-corrected chi connectivity index (χ1v) is 8.17. The summed E-state index contributed by atoms with van der Waals surface area (Å²) in [4.78, 5) is 8.67. The van der Waals surface area contributed by atoms with Crippen LogP contribution in [0.15, 0.2) is 24.3 Å². The van der Waals surface area contributed by atoms with Crippen LogP contribution in [-0.4, -0.2) is 22.9 Å². The second-order valence-corrected chi connectivity index (χ2v) is 6.40. The Labute approximate surface area is 150 Å². The number of ether oxygens (including phenoxy) is 1. The van der Waals surface area contributed by atoms with E-state index in [0.29, 0.717) is 20.8 Å². The van der Waals surface area contributed by atoms with Gasteiger partial charge >= 0.3 is 6.18 Å². The highest BCUT2D eigenvalue weighted by Gasteiger charge is 2.33. The Morgan fingerprint density at radius 2 is 1.96 bits per heavy atom. The van der Waals surface area contributed by atoms with Crippen molar-refractivity contribution in [3.8, 4) is 16.3 Å². The van der Waals surface area contributed by atoms with E-state index in [9.17, 15) is 13.2 Å². The average Bonchev–Trinajstić information content (AvgIpc) is 3.04. The molecule has 0 saturated heterocycles. The monoisotopic (exact) mass is 381 g/mol. The minimum Gasteiger partial charge on any atom is -0.494 e. The number of benzene rings is 1. The molecule has 0 amide bonds. The summed E-state index contributed by atoms with van der Waals surface area (Å²) in [6, 6.07) is 5.45. The lowest BCUT2D eigenvalue weighted by Crippen LogP contribution is -2.14. The average molecular weight is 381 g/mol. The smallest absolute Gasteiger partial charge is 0.433 e. The number of aromatic nitrogens is 2. The molecule has 2 heterocycles. The number of rotatable bonds is 4. The molecule has 0 spiro atoms. The van der Waals surface area contributed by atoms with E-state index in [1.54, 1.807) is 6.07 Å². The maximum atomic E-state index is 13.0. The third kappa shape index (κ3) is 3.08. The molecule has 0 radical (unpaired) electrons. The number of hydrogen-bond donors (Lipinski definition) is 3. The Morgan fingerprint density at radius 1 is 1.23 bits per heavy atom. The lowest BCUT2D eigenvalue weighted by Gasteiger charge is -2.11. The number of nitrogen functional groups attached to an aromatic ring is 1. The zero-order valence-electron chi connectivity index (χ0n) is 13.5. The maximum absolute atomic E-state index is 13.0. The Hall–Kier alpha value is -2.72. The summed E-state index contributed by atoms with van der Waals surface area (Å²) in [5.74, 6) is 0.000459. The Balaban J connectivity index is 2.26. The van der Waals surface area contributed by atoms with Crippen molar-refractivity contribution in [3.63, 3.8) is 0 Å². The summed E-state index contributed by atoms with van der Waals surface area (Å²) >= 11 is 1.23. The number of thiazole rings is 1. The van der Waals surface area contributed by atoms with Crippen LogP contribution in [0, 0.1) is 5.41 Å². The molecule has 0 atom stereocenters. The number of nitrogens with zero attached hydrogens (tertiary/aromatic N) is 2. The molecule has 26 heavy (non-hydrogen) atoms. The molecule has 5 N–H and O–H groups in total. The van der Waals surface area contributed by atoms with Crippen molar-refractivity contribution >= 4 is 28.1 Å². The molecule has 2 aromatic heterocycles. The Kier molecular flexibility index (Phi) is 4.55. The van der Waals surface area contributed by atoms with Crippen LogP contribution in [-0.2, 0) is 12.7 Å². The molecule has 0 aliphatic carbocycles. The van der Waals surface area contributed by atoms with E-state index in [4.69, 9.17) is 21.6 Å². The Bertz CT molecular complexity index is 999. The van der Waals surface area contributed by atoms with Crippen LogP contribution < -0.4 is 16.2 Å². The third-order valence-electron chi connectivity index (χ3n) is 3.70. The molecule has 136 valence electrons. The number of hydrogen-bond acceptors (Lipinski definition) is 6. The second-order valence-electron chi connectivity index (χ2n) is 5.31. The lowest BCUT2D eigenvalue weighted by molar-refractivity contribution is -0.140. The van der Waals surface area contributed by atoms with Gasteiger partial charge in [-0.25, -0.2) is 9.97 Å². The fourth-order valence-electron chi connectivity index (χ4n) is 2.52. The van der Waals surface area contributed by atoms with Gasteiger partial charge in [0, 0.05) is 22.4 Å². The topological polar surface area (TPSA) is 111 Å². The normalized spacial score (nSPS) is 11.7. The summed E-state index contributed by atoms with van der Waals surface area (Å²) in [5.41, 5.74) is 11.1. The van der Waals surface area contributed by atoms with E-state index in [1.165, 1.54) is 30.6 Å². The van der Waals surface area contributed by atoms with Gasteiger partial charge in [-0.05, 0) is 24.3 Å². The molecule has 0 fully saturated rings. The number of nitrogens with one attached hydrogen (secondary N) is 1. The molecule has 0 unspecified atom stereocenters. The highest BCUT2D eigenvalue weighted by atomic mass is 32.1. The van der Waals surface area contributed by atoms with Crippen LogP contribution >= 0.6 is 11.3 Å². The fourth-order valence-corrected chi connectivity index (χ4v) is 3.51. The van der Waals surface area contributed by atoms with Crippen LogP contribution in [0.1, 0.15) is 16.3 Å². The number of alkyl halides is 3. The molecule has 0 bridgehead atoms. The van der Waals surface area contributed by atoms with Crippen molar-refractivity contribution in [1.29, 1.82) is 5.41 Å². The number of fused-ring (bicyclic) bond motifs is 1. The molecule has 1 aromatic carbocycles. The lowest BCUT2D eigenvalue weighted by atomic mass is 10.1. The van der Waals surface area contributed by atoms with E-state index in [2.05, 4.69) is 9.97 Å². The molecule has 0 aliphatic rings. The van der Waals surface area contributed by atoms with Crippen molar-refractivity contribution < 1.29 is 17.9 Å². The van der Waals surface area contributed by atoms with Gasteiger partial charge in [-0.15, -0.1) is 11.3 Å². The van der Waals surface area contributed by atoms with Gasteiger partial charge in [0.2, 0.25) is 0 Å².